The van der Waals surface area contributed by atoms with Crippen LogP contribution in [0.5, 0.6) is 0 Å². The highest BCUT2D eigenvalue weighted by atomic mass is 16.7. The summed E-state index contributed by atoms with van der Waals surface area (Å²) >= 11 is 0. The number of carbonyl (C=O) groups excluding carboxylic acids is 4. The van der Waals surface area contributed by atoms with E-state index < -0.39 is 83.0 Å². The Morgan fingerprint density at radius 3 is 2.15 bits per heavy atom. The first-order valence-corrected chi connectivity index (χ1v) is 14.3. The number of benzene rings is 1. The van der Waals surface area contributed by atoms with Gasteiger partial charge >= 0.3 is 17.9 Å². The van der Waals surface area contributed by atoms with E-state index >= 15 is 0 Å². The van der Waals surface area contributed by atoms with Crippen LogP contribution in [0.3, 0.4) is 0 Å². The second-order valence-electron chi connectivity index (χ2n) is 13.0. The van der Waals surface area contributed by atoms with Crippen LogP contribution in [0.15, 0.2) is 30.3 Å². The highest BCUT2D eigenvalue weighted by molar-refractivity contribution is 5.93. The molecule has 0 aromatic heterocycles. The summed E-state index contributed by atoms with van der Waals surface area (Å²) in [7, 11) is 0. The average Bonchev–Trinajstić information content (AvgIpc) is 3.42. The molecule has 11 unspecified atom stereocenters. The van der Waals surface area contributed by atoms with Crippen LogP contribution in [0.2, 0.25) is 0 Å². The molecule has 4 fully saturated rings. The molecule has 1 aromatic rings. The van der Waals surface area contributed by atoms with Gasteiger partial charge in [0, 0.05) is 31.6 Å². The SMILES string of the molecule is CC(=O)OC1CC(OC(C)=O)C2(C)OC2C2C(OC(=O)c3ccccc3)C(C)CC23OC(C(C)C3=O)C(O)C1(C)C. The van der Waals surface area contributed by atoms with Crippen molar-refractivity contribution in [3.8, 4) is 0 Å². The van der Waals surface area contributed by atoms with Crippen LogP contribution in [0.1, 0.15) is 71.7 Å². The lowest BCUT2D eigenvalue weighted by Crippen LogP contribution is -2.52. The number of fused-ring (bicyclic) bond motifs is 3. The molecule has 3 heterocycles. The summed E-state index contributed by atoms with van der Waals surface area (Å²) < 4.78 is 30.6. The summed E-state index contributed by atoms with van der Waals surface area (Å²) in [5.74, 6) is -3.52. The Bertz CT molecular complexity index is 1230. The molecule has 1 N–H and O–H groups in total. The number of hydrogen-bond acceptors (Lipinski definition) is 10. The number of carbonyl (C=O) groups is 4. The fourth-order valence-corrected chi connectivity index (χ4v) is 7.43. The van der Waals surface area contributed by atoms with E-state index in [0.29, 0.717) is 5.56 Å². The van der Waals surface area contributed by atoms with Crippen LogP contribution in [-0.4, -0.2) is 76.6 Å². The van der Waals surface area contributed by atoms with Gasteiger partial charge in [0.25, 0.3) is 0 Å². The monoisotopic (exact) mass is 572 g/mol. The smallest absolute Gasteiger partial charge is 0.338 e. The Kier molecular flexibility index (Phi) is 7.36. The highest BCUT2D eigenvalue weighted by Gasteiger charge is 2.76. The molecule has 0 amide bonds. The topological polar surface area (TPSA) is 138 Å². The van der Waals surface area contributed by atoms with Crippen molar-refractivity contribution in [2.24, 2.45) is 23.2 Å². The van der Waals surface area contributed by atoms with E-state index in [1.807, 2.05) is 6.92 Å². The number of hydrogen-bond donors (Lipinski definition) is 1. The van der Waals surface area contributed by atoms with Gasteiger partial charge in [-0.15, -0.1) is 0 Å². The predicted octanol–water partition coefficient (Wildman–Crippen LogP) is 3.02. The molecule has 1 saturated carbocycles. The van der Waals surface area contributed by atoms with Crippen LogP contribution in [0, 0.1) is 23.2 Å². The van der Waals surface area contributed by atoms with Crippen molar-refractivity contribution in [2.75, 3.05) is 0 Å². The van der Waals surface area contributed by atoms with Crippen LogP contribution >= 0.6 is 0 Å². The minimum atomic E-state index is -1.40. The fourth-order valence-electron chi connectivity index (χ4n) is 7.43. The summed E-state index contributed by atoms with van der Waals surface area (Å²) in [6.07, 6.45) is -5.03. The van der Waals surface area contributed by atoms with Crippen molar-refractivity contribution < 1.29 is 48.0 Å². The number of epoxide rings is 1. The highest BCUT2D eigenvalue weighted by Crippen LogP contribution is 2.61. The Labute approximate surface area is 240 Å². The zero-order valence-electron chi connectivity index (χ0n) is 24.6. The molecular formula is C31H40O10. The van der Waals surface area contributed by atoms with E-state index in [-0.39, 0.29) is 24.5 Å². The molecular weight excluding hydrogens is 532 g/mol. The molecule has 2 bridgehead atoms. The van der Waals surface area contributed by atoms with E-state index in [9.17, 15) is 24.3 Å². The van der Waals surface area contributed by atoms with Gasteiger partial charge in [0.15, 0.2) is 5.78 Å². The molecule has 1 spiro atoms. The standard InChI is InChI=1S/C31H40O10/c1-15-14-31-22(23(15)39-28(36)19-11-9-8-10-12-19)27-30(7,41-27)21(38-18(4)33)13-20(37-17(3)32)29(5,6)26(35)24(40-31)16(2)25(31)34/h8-12,15-16,20-24,26-27,35H,13-14H2,1-7H3. The first kappa shape index (κ1) is 29.7. The number of Topliss-reactive ketones (excluding diaryl/α,β-unsaturated/α-hetero) is 1. The molecule has 224 valence electrons. The molecule has 0 radical (unpaired) electrons. The molecule has 3 aliphatic heterocycles. The number of esters is 3. The van der Waals surface area contributed by atoms with Gasteiger partial charge in [-0.25, -0.2) is 4.79 Å². The third-order valence-corrected chi connectivity index (χ3v) is 9.80. The zero-order valence-corrected chi connectivity index (χ0v) is 24.6. The van der Waals surface area contributed by atoms with Crippen LogP contribution in [0.25, 0.3) is 0 Å². The first-order valence-electron chi connectivity index (χ1n) is 14.3. The molecule has 10 nitrogen and oxygen atoms in total. The van der Waals surface area contributed by atoms with Gasteiger partial charge < -0.3 is 28.8 Å². The summed E-state index contributed by atoms with van der Waals surface area (Å²) in [4.78, 5) is 51.9. The van der Waals surface area contributed by atoms with E-state index in [4.69, 9.17) is 23.7 Å². The third-order valence-electron chi connectivity index (χ3n) is 9.80. The van der Waals surface area contributed by atoms with Gasteiger partial charge in [0.1, 0.15) is 35.6 Å². The van der Waals surface area contributed by atoms with E-state index in [0.717, 1.165) is 0 Å². The minimum absolute atomic E-state index is 0.0506. The fraction of sp³-hybridized carbons (Fsp3) is 0.677. The second-order valence-corrected chi connectivity index (χ2v) is 13.0. The summed E-state index contributed by atoms with van der Waals surface area (Å²) in [5, 5.41) is 11.8. The maximum absolute atomic E-state index is 14.2. The third kappa shape index (κ3) is 4.77. The lowest BCUT2D eigenvalue weighted by Gasteiger charge is -2.41. The molecule has 5 rings (SSSR count). The molecule has 1 aromatic carbocycles. The maximum Gasteiger partial charge on any atom is 0.338 e. The number of ketones is 1. The number of rotatable bonds is 4. The Morgan fingerprint density at radius 2 is 1.54 bits per heavy atom. The molecule has 10 heteroatoms. The summed E-state index contributed by atoms with van der Waals surface area (Å²) in [6, 6.07) is 8.60. The Balaban J connectivity index is 1.62. The lowest BCUT2D eigenvalue weighted by molar-refractivity contribution is -0.184. The van der Waals surface area contributed by atoms with E-state index in [1.54, 1.807) is 58.0 Å². The van der Waals surface area contributed by atoms with Gasteiger partial charge in [-0.3, -0.25) is 14.4 Å². The molecule has 41 heavy (non-hydrogen) atoms. The first-order chi connectivity index (χ1) is 19.1. The Hall–Kier alpha value is -2.82. The average molecular weight is 573 g/mol. The number of aliphatic hydroxyl groups is 1. The summed E-state index contributed by atoms with van der Waals surface area (Å²) in [5.41, 5.74) is -3.22. The quantitative estimate of drug-likeness (QED) is 0.325. The van der Waals surface area contributed by atoms with Crippen molar-refractivity contribution in [2.45, 2.75) is 109 Å². The van der Waals surface area contributed by atoms with Crippen molar-refractivity contribution in [1.29, 1.82) is 0 Å². The van der Waals surface area contributed by atoms with Crippen molar-refractivity contribution >= 4 is 23.7 Å². The number of aliphatic hydroxyl groups excluding tert-OH is 1. The molecule has 1 aliphatic carbocycles. The van der Waals surface area contributed by atoms with Gasteiger partial charge in [-0.05, 0) is 31.4 Å². The van der Waals surface area contributed by atoms with Gasteiger partial charge in [0.05, 0.1) is 23.7 Å². The van der Waals surface area contributed by atoms with Crippen LogP contribution in [0.4, 0.5) is 0 Å². The molecule has 3 saturated heterocycles. The summed E-state index contributed by atoms with van der Waals surface area (Å²) in [6.45, 7) is 11.5. The van der Waals surface area contributed by atoms with Crippen molar-refractivity contribution in [3.05, 3.63) is 35.9 Å². The largest absolute Gasteiger partial charge is 0.462 e. The van der Waals surface area contributed by atoms with Crippen molar-refractivity contribution in [3.63, 3.8) is 0 Å². The van der Waals surface area contributed by atoms with Gasteiger partial charge in [-0.2, -0.15) is 0 Å². The van der Waals surface area contributed by atoms with Gasteiger partial charge in [-0.1, -0.05) is 45.9 Å². The van der Waals surface area contributed by atoms with Crippen LogP contribution < -0.4 is 0 Å². The lowest BCUT2D eigenvalue weighted by atomic mass is 9.70. The molecule has 4 aliphatic rings. The Morgan fingerprint density at radius 1 is 0.927 bits per heavy atom. The molecule has 11 atom stereocenters. The van der Waals surface area contributed by atoms with Gasteiger partial charge in [0.2, 0.25) is 0 Å². The maximum atomic E-state index is 14.2. The minimum Gasteiger partial charge on any atom is -0.462 e. The van der Waals surface area contributed by atoms with Crippen molar-refractivity contribution in [1.82, 2.24) is 0 Å². The second kappa shape index (κ2) is 10.2. The predicted molar refractivity (Wildman–Crippen MR) is 143 cm³/mol. The zero-order chi connectivity index (χ0) is 30.1. The number of ether oxygens (including phenoxy) is 5. The van der Waals surface area contributed by atoms with Crippen LogP contribution in [-0.2, 0) is 38.1 Å². The van der Waals surface area contributed by atoms with E-state index in [2.05, 4.69) is 0 Å². The van der Waals surface area contributed by atoms with E-state index in [1.165, 1.54) is 13.8 Å². The normalized spacial score (nSPS) is 42.7.